The molecule has 0 aliphatic carbocycles. The second-order valence-electron chi connectivity index (χ2n) is 4.67. The fourth-order valence-electron chi connectivity index (χ4n) is 2.02. The lowest BCUT2D eigenvalue weighted by Gasteiger charge is -2.05. The molecule has 2 rings (SSSR count). The molecule has 0 aliphatic heterocycles. The van der Waals surface area contributed by atoms with E-state index in [-0.39, 0.29) is 5.56 Å². The van der Waals surface area contributed by atoms with E-state index in [1.54, 1.807) is 11.6 Å². The summed E-state index contributed by atoms with van der Waals surface area (Å²) >= 11 is 0. The molecule has 0 atom stereocenters. The summed E-state index contributed by atoms with van der Waals surface area (Å²) in [6.45, 7) is 4.25. The highest BCUT2D eigenvalue weighted by atomic mass is 16.6. The van der Waals surface area contributed by atoms with Crippen molar-refractivity contribution in [2.45, 2.75) is 20.4 Å². The molecule has 23 heavy (non-hydrogen) atoms. The molecule has 0 aliphatic rings. The summed E-state index contributed by atoms with van der Waals surface area (Å²) in [4.78, 5) is 32.3. The number of hydrogen-bond donors (Lipinski definition) is 1. The summed E-state index contributed by atoms with van der Waals surface area (Å²) in [5, 5.41) is 28.3. The Hall–Kier alpha value is -3.30. The van der Waals surface area contributed by atoms with Crippen LogP contribution in [0, 0.1) is 27.2 Å². The van der Waals surface area contributed by atoms with E-state index in [0.29, 0.717) is 17.9 Å². The number of nitrogens with zero attached hydrogens (tertiary/aromatic N) is 4. The Morgan fingerprint density at radius 2 is 1.78 bits per heavy atom. The molecular weight excluding hydrogens is 306 g/mol. The first-order valence-electron chi connectivity index (χ1n) is 6.61. The highest BCUT2D eigenvalue weighted by Crippen LogP contribution is 2.24. The molecule has 0 saturated carbocycles. The minimum Gasteiger partial charge on any atom is -0.319 e. The third-order valence-electron chi connectivity index (χ3n) is 3.24. The first kappa shape index (κ1) is 16.1. The number of amides is 1. The average Bonchev–Trinajstić information content (AvgIpc) is 2.86. The van der Waals surface area contributed by atoms with Crippen LogP contribution in [0.1, 0.15) is 23.0 Å². The van der Waals surface area contributed by atoms with Gasteiger partial charge in [0.05, 0.1) is 39.1 Å². The first-order valence-corrected chi connectivity index (χ1v) is 6.61. The molecule has 1 aromatic heterocycles. The van der Waals surface area contributed by atoms with Crippen LogP contribution >= 0.6 is 0 Å². The Bertz CT molecular complexity index is 766. The molecule has 1 aromatic carbocycles. The molecule has 0 fully saturated rings. The smallest absolute Gasteiger partial charge is 0.277 e. The van der Waals surface area contributed by atoms with Crippen LogP contribution in [0.4, 0.5) is 17.1 Å². The van der Waals surface area contributed by atoms with E-state index in [0.717, 1.165) is 18.2 Å². The van der Waals surface area contributed by atoms with Crippen molar-refractivity contribution in [1.82, 2.24) is 9.78 Å². The molecule has 0 bridgehead atoms. The van der Waals surface area contributed by atoms with Gasteiger partial charge < -0.3 is 5.32 Å². The number of aryl methyl sites for hydroxylation is 1. The summed E-state index contributed by atoms with van der Waals surface area (Å²) in [6.07, 6.45) is 1.45. The monoisotopic (exact) mass is 319 g/mol. The van der Waals surface area contributed by atoms with Crippen molar-refractivity contribution in [1.29, 1.82) is 0 Å². The van der Waals surface area contributed by atoms with Crippen LogP contribution in [0.15, 0.2) is 24.4 Å². The maximum atomic E-state index is 12.2. The Kier molecular flexibility index (Phi) is 4.35. The van der Waals surface area contributed by atoms with Crippen molar-refractivity contribution >= 4 is 23.0 Å². The van der Waals surface area contributed by atoms with E-state index in [2.05, 4.69) is 10.4 Å². The first-order chi connectivity index (χ1) is 10.8. The molecule has 2 aromatic rings. The summed E-state index contributed by atoms with van der Waals surface area (Å²) in [6, 6.07) is 2.78. The number of nitrogens with one attached hydrogen (secondary N) is 1. The van der Waals surface area contributed by atoms with Gasteiger partial charge >= 0.3 is 0 Å². The molecule has 10 nitrogen and oxygen atoms in total. The normalized spacial score (nSPS) is 10.3. The van der Waals surface area contributed by atoms with Crippen molar-refractivity contribution in [3.63, 3.8) is 0 Å². The molecule has 0 saturated heterocycles. The molecule has 0 unspecified atom stereocenters. The number of carbonyl (C=O) groups excluding carboxylic acids is 1. The van der Waals surface area contributed by atoms with Crippen LogP contribution in [0.3, 0.4) is 0 Å². The number of benzene rings is 1. The number of anilines is 1. The maximum absolute atomic E-state index is 12.2. The quantitative estimate of drug-likeness (QED) is 0.663. The number of nitro groups is 2. The average molecular weight is 319 g/mol. The molecule has 10 heteroatoms. The van der Waals surface area contributed by atoms with E-state index in [1.165, 1.54) is 6.20 Å². The van der Waals surface area contributed by atoms with Crippen LogP contribution in [0.5, 0.6) is 0 Å². The molecule has 1 amide bonds. The van der Waals surface area contributed by atoms with E-state index in [4.69, 9.17) is 0 Å². The molecule has 0 radical (unpaired) electrons. The van der Waals surface area contributed by atoms with Gasteiger partial charge in [-0.2, -0.15) is 5.10 Å². The number of rotatable bonds is 5. The van der Waals surface area contributed by atoms with Crippen LogP contribution in [0.2, 0.25) is 0 Å². The lowest BCUT2D eigenvalue weighted by Crippen LogP contribution is -2.13. The van der Waals surface area contributed by atoms with Gasteiger partial charge in [-0.05, 0) is 13.8 Å². The van der Waals surface area contributed by atoms with E-state index >= 15 is 0 Å². The fraction of sp³-hybridized carbons (Fsp3) is 0.231. The topological polar surface area (TPSA) is 133 Å². The standard InChI is InChI=1S/C13H13N5O5/c1-3-16-8(2)12(7-14-16)15-13(19)9-4-10(17(20)21)6-11(5-9)18(22)23/h4-7H,3H2,1-2H3,(H,15,19). The number of carbonyl (C=O) groups is 1. The lowest BCUT2D eigenvalue weighted by molar-refractivity contribution is -0.394. The highest BCUT2D eigenvalue weighted by Gasteiger charge is 2.20. The SMILES string of the molecule is CCn1ncc(NC(=O)c2cc([N+](=O)[O-])cc([N+](=O)[O-])c2)c1C. The van der Waals surface area contributed by atoms with E-state index < -0.39 is 27.1 Å². The number of hydrogen-bond acceptors (Lipinski definition) is 6. The van der Waals surface area contributed by atoms with Gasteiger partial charge in [0.15, 0.2) is 0 Å². The van der Waals surface area contributed by atoms with Crippen molar-refractivity contribution in [2.75, 3.05) is 5.32 Å². The minimum absolute atomic E-state index is 0.172. The molecular formula is C13H13N5O5. The van der Waals surface area contributed by atoms with E-state index in [9.17, 15) is 25.0 Å². The zero-order valence-corrected chi connectivity index (χ0v) is 12.3. The van der Waals surface area contributed by atoms with Gasteiger partial charge in [-0.25, -0.2) is 0 Å². The second-order valence-corrected chi connectivity index (χ2v) is 4.67. The molecule has 120 valence electrons. The van der Waals surface area contributed by atoms with Gasteiger partial charge in [-0.15, -0.1) is 0 Å². The molecule has 0 spiro atoms. The van der Waals surface area contributed by atoms with Gasteiger partial charge in [0.2, 0.25) is 0 Å². The van der Waals surface area contributed by atoms with Crippen LogP contribution < -0.4 is 5.32 Å². The zero-order chi connectivity index (χ0) is 17.1. The maximum Gasteiger partial charge on any atom is 0.277 e. The van der Waals surface area contributed by atoms with Crippen LogP contribution in [-0.2, 0) is 6.54 Å². The summed E-state index contributed by atoms with van der Waals surface area (Å²) in [5.74, 6) is -0.685. The Morgan fingerprint density at radius 3 is 2.22 bits per heavy atom. The molecule has 1 heterocycles. The van der Waals surface area contributed by atoms with Crippen molar-refractivity contribution in [3.8, 4) is 0 Å². The van der Waals surface area contributed by atoms with Gasteiger partial charge in [0, 0.05) is 18.7 Å². The third-order valence-corrected chi connectivity index (χ3v) is 3.24. The predicted octanol–water partition coefficient (Wildman–Crippen LogP) is 2.28. The van der Waals surface area contributed by atoms with Crippen LogP contribution in [0.25, 0.3) is 0 Å². The summed E-state index contributed by atoms with van der Waals surface area (Å²) < 4.78 is 1.66. The van der Waals surface area contributed by atoms with Crippen molar-refractivity contribution < 1.29 is 14.6 Å². The lowest BCUT2D eigenvalue weighted by atomic mass is 10.1. The number of aromatic nitrogens is 2. The van der Waals surface area contributed by atoms with Gasteiger partial charge in [0.25, 0.3) is 17.3 Å². The Morgan fingerprint density at radius 1 is 1.22 bits per heavy atom. The van der Waals surface area contributed by atoms with Crippen molar-refractivity contribution in [2.24, 2.45) is 0 Å². The Labute approximate surface area is 130 Å². The largest absolute Gasteiger partial charge is 0.319 e. The number of non-ortho nitro benzene ring substituents is 2. The Balaban J connectivity index is 2.36. The van der Waals surface area contributed by atoms with Gasteiger partial charge in [0.1, 0.15) is 0 Å². The fourth-order valence-corrected chi connectivity index (χ4v) is 2.02. The highest BCUT2D eigenvalue weighted by molar-refractivity contribution is 6.05. The summed E-state index contributed by atoms with van der Waals surface area (Å²) in [5.41, 5.74) is -0.0722. The van der Waals surface area contributed by atoms with Crippen molar-refractivity contribution in [3.05, 3.63) is 55.9 Å². The zero-order valence-electron chi connectivity index (χ0n) is 12.3. The molecule has 1 N–H and O–H groups in total. The van der Waals surface area contributed by atoms with Gasteiger partial charge in [-0.1, -0.05) is 0 Å². The number of nitro benzene ring substituents is 2. The second kappa shape index (κ2) is 6.22. The van der Waals surface area contributed by atoms with Gasteiger partial charge in [-0.3, -0.25) is 29.7 Å². The summed E-state index contributed by atoms with van der Waals surface area (Å²) in [7, 11) is 0. The van der Waals surface area contributed by atoms with Crippen LogP contribution in [-0.4, -0.2) is 25.5 Å². The minimum atomic E-state index is -0.788. The third kappa shape index (κ3) is 3.31. The predicted molar refractivity (Wildman–Crippen MR) is 80.3 cm³/mol. The van der Waals surface area contributed by atoms with E-state index in [1.807, 2.05) is 6.92 Å².